The summed E-state index contributed by atoms with van der Waals surface area (Å²) < 4.78 is 30.5. The summed E-state index contributed by atoms with van der Waals surface area (Å²) in [5.41, 5.74) is 0.890. The molecule has 1 rings (SSSR count). The highest BCUT2D eigenvalue weighted by Crippen LogP contribution is 2.40. The number of esters is 2. The molecule has 7 nitrogen and oxygen atoms in total. The van der Waals surface area contributed by atoms with Crippen LogP contribution in [0, 0.1) is 0 Å². The van der Waals surface area contributed by atoms with Gasteiger partial charge < -0.3 is 23.7 Å². The Labute approximate surface area is 383 Å². The van der Waals surface area contributed by atoms with Crippen molar-refractivity contribution in [3.8, 4) is 17.2 Å². The molecule has 0 aliphatic carbocycles. The summed E-state index contributed by atoms with van der Waals surface area (Å²) in [4.78, 5) is 25.1. The molecule has 0 saturated carbocycles. The summed E-state index contributed by atoms with van der Waals surface area (Å²) in [5, 5.41) is 0. The molecule has 0 spiro atoms. The van der Waals surface area contributed by atoms with Crippen molar-refractivity contribution in [1.82, 2.24) is 0 Å². The third-order valence-electron chi connectivity index (χ3n) is 11.9. The molecule has 0 heterocycles. The molecule has 0 aromatic heterocycles. The maximum Gasteiger partial charge on any atom is 0.338 e. The van der Waals surface area contributed by atoms with E-state index in [1.54, 1.807) is 6.92 Å². The zero-order valence-corrected chi connectivity index (χ0v) is 41.2. The Morgan fingerprint density at radius 2 is 0.661 bits per heavy atom. The molecule has 0 amide bonds. The summed E-state index contributed by atoms with van der Waals surface area (Å²) in [6.45, 7) is 14.7. The van der Waals surface area contributed by atoms with E-state index in [0.29, 0.717) is 61.4 Å². The van der Waals surface area contributed by atoms with E-state index in [-0.39, 0.29) is 11.9 Å². The first-order chi connectivity index (χ1) is 30.4. The number of rotatable bonds is 47. The van der Waals surface area contributed by atoms with Crippen LogP contribution < -0.4 is 14.2 Å². The van der Waals surface area contributed by atoms with Gasteiger partial charge in [-0.1, -0.05) is 226 Å². The van der Waals surface area contributed by atoms with Gasteiger partial charge in [0.2, 0.25) is 5.75 Å². The Hall–Kier alpha value is -2.70. The number of unbranched alkanes of at least 4 members (excludes halogenated alkanes) is 32. The van der Waals surface area contributed by atoms with Gasteiger partial charge in [0, 0.05) is 5.57 Å². The van der Waals surface area contributed by atoms with E-state index in [2.05, 4.69) is 27.4 Å². The predicted molar refractivity (Wildman–Crippen MR) is 262 cm³/mol. The first-order valence-corrected chi connectivity index (χ1v) is 26.5. The summed E-state index contributed by atoms with van der Waals surface area (Å²) in [6.07, 6.45) is 43.8. The van der Waals surface area contributed by atoms with Crippen LogP contribution in [-0.2, 0) is 14.3 Å². The number of hydrogen-bond acceptors (Lipinski definition) is 7. The Kier molecular flexibility index (Phi) is 40.3. The van der Waals surface area contributed by atoms with Crippen LogP contribution in [0.2, 0.25) is 0 Å². The number of ether oxygens (including phenoxy) is 5. The van der Waals surface area contributed by atoms with Gasteiger partial charge in [-0.2, -0.15) is 0 Å². The molecule has 0 bridgehead atoms. The van der Waals surface area contributed by atoms with Gasteiger partial charge in [0.1, 0.15) is 0 Å². The molecule has 0 fully saturated rings. The van der Waals surface area contributed by atoms with Crippen molar-refractivity contribution in [2.75, 3.05) is 33.0 Å². The van der Waals surface area contributed by atoms with Crippen molar-refractivity contribution >= 4 is 11.9 Å². The highest BCUT2D eigenvalue weighted by Gasteiger charge is 2.20. The normalized spacial score (nSPS) is 11.2. The van der Waals surface area contributed by atoms with Crippen LogP contribution in [0.4, 0.5) is 0 Å². The molecular weight excluding hydrogens is 773 g/mol. The Balaban J connectivity index is 2.87. The lowest BCUT2D eigenvalue weighted by atomic mass is 10.1. The molecule has 0 saturated heterocycles. The smallest absolute Gasteiger partial charge is 0.338 e. The Morgan fingerprint density at radius 1 is 0.387 bits per heavy atom. The fraction of sp³-hybridized carbons (Fsp3) is 0.818. The first-order valence-electron chi connectivity index (χ1n) is 26.5. The molecule has 0 unspecified atom stereocenters. The van der Waals surface area contributed by atoms with Crippen LogP contribution in [0.15, 0.2) is 24.3 Å². The monoisotopic (exact) mass is 871 g/mol. The van der Waals surface area contributed by atoms with Crippen LogP contribution >= 0.6 is 0 Å². The van der Waals surface area contributed by atoms with Crippen molar-refractivity contribution in [2.24, 2.45) is 0 Å². The van der Waals surface area contributed by atoms with Crippen molar-refractivity contribution in [1.29, 1.82) is 0 Å². The second-order valence-electron chi connectivity index (χ2n) is 18.1. The maximum atomic E-state index is 13.5. The highest BCUT2D eigenvalue weighted by atomic mass is 16.5. The second-order valence-corrected chi connectivity index (χ2v) is 18.1. The van der Waals surface area contributed by atoms with Gasteiger partial charge >= 0.3 is 11.9 Å². The summed E-state index contributed by atoms with van der Waals surface area (Å²) in [5.74, 6) is 1.15. The fourth-order valence-corrected chi connectivity index (χ4v) is 7.81. The summed E-state index contributed by atoms with van der Waals surface area (Å²) >= 11 is 0. The summed E-state index contributed by atoms with van der Waals surface area (Å²) in [7, 11) is 0. The predicted octanol–water partition coefficient (Wildman–Crippen LogP) is 17.2. The van der Waals surface area contributed by atoms with E-state index in [0.717, 1.165) is 77.0 Å². The maximum absolute atomic E-state index is 13.5. The van der Waals surface area contributed by atoms with Crippen LogP contribution in [0.5, 0.6) is 17.2 Å². The van der Waals surface area contributed by atoms with Gasteiger partial charge in [0.25, 0.3) is 0 Å². The summed E-state index contributed by atoms with van der Waals surface area (Å²) in [6, 6.07) is 3.64. The molecular formula is C55H98O7. The van der Waals surface area contributed by atoms with E-state index >= 15 is 0 Å². The van der Waals surface area contributed by atoms with Crippen molar-refractivity contribution < 1.29 is 33.3 Å². The zero-order chi connectivity index (χ0) is 45.0. The molecule has 360 valence electrons. The molecule has 0 aliphatic rings. The second kappa shape index (κ2) is 43.5. The van der Waals surface area contributed by atoms with Crippen LogP contribution in [0.3, 0.4) is 0 Å². The molecule has 7 heteroatoms. The van der Waals surface area contributed by atoms with E-state index in [1.807, 2.05) is 12.1 Å². The molecule has 1 aromatic rings. The van der Waals surface area contributed by atoms with E-state index < -0.39 is 0 Å². The van der Waals surface area contributed by atoms with E-state index in [9.17, 15) is 9.59 Å². The van der Waals surface area contributed by atoms with Gasteiger partial charge in [0.15, 0.2) is 11.5 Å². The average Bonchev–Trinajstić information content (AvgIpc) is 3.27. The Bertz CT molecular complexity index is 1150. The van der Waals surface area contributed by atoms with Gasteiger partial charge in [-0.05, 0) is 51.2 Å². The largest absolute Gasteiger partial charge is 0.490 e. The van der Waals surface area contributed by atoms with E-state index in [1.165, 1.54) is 154 Å². The van der Waals surface area contributed by atoms with Gasteiger partial charge in [-0.25, -0.2) is 9.59 Å². The van der Waals surface area contributed by atoms with Gasteiger partial charge in [0.05, 0.1) is 38.6 Å². The minimum atomic E-state index is -0.349. The standard InChI is InChI=1S/C55H98O7/c1-6-9-12-15-18-21-24-27-32-37-42-58-51-47-50(55(57)62-46-41-36-31-30-35-40-45-61-54(56)49(4)5)48-52(59-43-38-33-28-25-22-19-16-13-10-7-2)53(51)60-44-39-34-29-26-23-20-17-14-11-8-3/h47-48H,4,6-46H2,1-3,5H3. The number of hydrogen-bond donors (Lipinski definition) is 0. The molecule has 62 heavy (non-hydrogen) atoms. The SMILES string of the molecule is C=C(C)C(=O)OCCCCCCCCOC(=O)c1cc(OCCCCCCCCCCCC)c(OCCCCCCCCCCCC)c(OCCCCCCCCCCCC)c1. The lowest BCUT2D eigenvalue weighted by Crippen LogP contribution is -2.11. The molecule has 0 N–H and O–H groups in total. The Morgan fingerprint density at radius 3 is 0.984 bits per heavy atom. The fourth-order valence-electron chi connectivity index (χ4n) is 7.81. The number of carbonyl (C=O) groups is 2. The molecule has 1 aromatic carbocycles. The minimum absolute atomic E-state index is 0.320. The van der Waals surface area contributed by atoms with Crippen molar-refractivity contribution in [3.63, 3.8) is 0 Å². The van der Waals surface area contributed by atoms with Crippen LogP contribution in [-0.4, -0.2) is 45.0 Å². The van der Waals surface area contributed by atoms with Gasteiger partial charge in [-0.15, -0.1) is 0 Å². The van der Waals surface area contributed by atoms with Crippen molar-refractivity contribution in [3.05, 3.63) is 29.8 Å². The van der Waals surface area contributed by atoms with Gasteiger partial charge in [-0.3, -0.25) is 0 Å². The highest BCUT2D eigenvalue weighted by molar-refractivity contribution is 5.91. The van der Waals surface area contributed by atoms with Crippen LogP contribution in [0.1, 0.15) is 269 Å². The number of carbonyl (C=O) groups excluding carboxylic acids is 2. The average molecular weight is 871 g/mol. The van der Waals surface area contributed by atoms with E-state index in [4.69, 9.17) is 23.7 Å². The topological polar surface area (TPSA) is 80.3 Å². The third kappa shape index (κ3) is 33.8. The molecule has 0 atom stereocenters. The third-order valence-corrected chi connectivity index (χ3v) is 11.9. The lowest BCUT2D eigenvalue weighted by molar-refractivity contribution is -0.139. The van der Waals surface area contributed by atoms with Crippen LogP contribution in [0.25, 0.3) is 0 Å². The zero-order valence-electron chi connectivity index (χ0n) is 41.2. The first kappa shape index (κ1) is 57.3. The quantitative estimate of drug-likeness (QED) is 0.0367. The molecule has 0 radical (unpaired) electrons. The lowest BCUT2D eigenvalue weighted by Gasteiger charge is -2.19. The number of benzene rings is 1. The molecule has 0 aliphatic heterocycles. The van der Waals surface area contributed by atoms with Crippen molar-refractivity contribution in [2.45, 2.75) is 259 Å². The minimum Gasteiger partial charge on any atom is -0.490 e.